The van der Waals surface area contributed by atoms with Gasteiger partial charge in [-0.1, -0.05) is 68.4 Å². The summed E-state index contributed by atoms with van der Waals surface area (Å²) in [6.07, 6.45) is 3.12. The SMILES string of the molecule is CCCCn1c(SCC(=O)Nc2cccc3ccccc23)nnc1[C@H](CC)N(C)C. The monoisotopic (exact) mass is 425 g/mol. The van der Waals surface area contributed by atoms with Crippen LogP contribution in [0, 0.1) is 0 Å². The molecule has 0 bridgehead atoms. The van der Waals surface area contributed by atoms with Crippen LogP contribution >= 0.6 is 11.8 Å². The molecule has 1 N–H and O–H groups in total. The summed E-state index contributed by atoms with van der Waals surface area (Å²) in [5.74, 6) is 1.24. The summed E-state index contributed by atoms with van der Waals surface area (Å²) in [5, 5.41) is 14.9. The summed E-state index contributed by atoms with van der Waals surface area (Å²) < 4.78 is 2.19. The highest BCUT2D eigenvalue weighted by Gasteiger charge is 2.22. The van der Waals surface area contributed by atoms with Crippen LogP contribution in [-0.4, -0.2) is 45.4 Å². The van der Waals surface area contributed by atoms with Gasteiger partial charge in [0, 0.05) is 17.6 Å². The van der Waals surface area contributed by atoms with Crippen LogP contribution in [0.4, 0.5) is 5.69 Å². The molecule has 1 heterocycles. The molecule has 3 aromatic rings. The van der Waals surface area contributed by atoms with Gasteiger partial charge in [-0.25, -0.2) is 0 Å². The van der Waals surface area contributed by atoms with E-state index >= 15 is 0 Å². The quantitative estimate of drug-likeness (QED) is 0.464. The van der Waals surface area contributed by atoms with Crippen LogP contribution in [0.5, 0.6) is 0 Å². The zero-order chi connectivity index (χ0) is 21.5. The van der Waals surface area contributed by atoms with E-state index in [0.717, 1.165) is 53.2 Å². The van der Waals surface area contributed by atoms with Crippen molar-refractivity contribution >= 4 is 34.1 Å². The molecule has 3 rings (SSSR count). The van der Waals surface area contributed by atoms with Gasteiger partial charge < -0.3 is 9.88 Å². The van der Waals surface area contributed by atoms with Crippen molar-refractivity contribution in [3.63, 3.8) is 0 Å². The zero-order valence-electron chi connectivity index (χ0n) is 18.3. The van der Waals surface area contributed by atoms with Crippen LogP contribution in [0.15, 0.2) is 47.6 Å². The molecule has 0 saturated heterocycles. The van der Waals surface area contributed by atoms with Crippen LogP contribution in [-0.2, 0) is 11.3 Å². The minimum Gasteiger partial charge on any atom is -0.325 e. The number of anilines is 1. The van der Waals surface area contributed by atoms with Crippen molar-refractivity contribution < 1.29 is 4.79 Å². The summed E-state index contributed by atoms with van der Waals surface area (Å²) in [6.45, 7) is 5.21. The predicted molar refractivity (Wildman–Crippen MR) is 125 cm³/mol. The van der Waals surface area contributed by atoms with E-state index in [1.165, 1.54) is 11.8 Å². The molecule has 2 aromatic carbocycles. The first-order valence-corrected chi connectivity index (χ1v) is 11.5. The topological polar surface area (TPSA) is 63.1 Å². The molecule has 0 aliphatic carbocycles. The molecular weight excluding hydrogens is 394 g/mol. The Balaban J connectivity index is 1.72. The van der Waals surface area contributed by atoms with E-state index in [0.29, 0.717) is 5.75 Å². The Labute approximate surface area is 183 Å². The van der Waals surface area contributed by atoms with E-state index in [4.69, 9.17) is 0 Å². The Morgan fingerprint density at radius 3 is 2.63 bits per heavy atom. The Morgan fingerprint density at radius 1 is 1.13 bits per heavy atom. The highest BCUT2D eigenvalue weighted by molar-refractivity contribution is 7.99. The molecule has 0 aliphatic rings. The number of aromatic nitrogens is 3. The number of fused-ring (bicyclic) bond motifs is 1. The van der Waals surface area contributed by atoms with Crippen LogP contribution in [0.2, 0.25) is 0 Å². The lowest BCUT2D eigenvalue weighted by molar-refractivity contribution is -0.113. The number of hydrogen-bond acceptors (Lipinski definition) is 5. The summed E-state index contributed by atoms with van der Waals surface area (Å²) in [6, 6.07) is 14.2. The second kappa shape index (κ2) is 10.6. The third-order valence-electron chi connectivity index (χ3n) is 5.18. The second-order valence-corrected chi connectivity index (χ2v) is 8.54. The molecule has 0 spiro atoms. The minimum atomic E-state index is -0.0393. The van der Waals surface area contributed by atoms with Crippen LogP contribution in [0.25, 0.3) is 10.8 Å². The fraction of sp³-hybridized carbons (Fsp3) is 0.435. The molecule has 6 nitrogen and oxygen atoms in total. The molecule has 0 saturated carbocycles. The number of carbonyl (C=O) groups is 1. The smallest absolute Gasteiger partial charge is 0.234 e. The third-order valence-corrected chi connectivity index (χ3v) is 6.15. The van der Waals surface area contributed by atoms with Gasteiger partial charge in [0.05, 0.1) is 11.8 Å². The molecule has 1 aromatic heterocycles. The summed E-state index contributed by atoms with van der Waals surface area (Å²) in [7, 11) is 4.13. The van der Waals surface area contributed by atoms with Gasteiger partial charge in [-0.15, -0.1) is 10.2 Å². The molecule has 7 heteroatoms. The van der Waals surface area contributed by atoms with Crippen molar-refractivity contribution in [3.05, 3.63) is 48.3 Å². The van der Waals surface area contributed by atoms with Gasteiger partial charge in [-0.3, -0.25) is 9.69 Å². The van der Waals surface area contributed by atoms with Crippen molar-refractivity contribution in [2.24, 2.45) is 0 Å². The van der Waals surface area contributed by atoms with Crippen molar-refractivity contribution in [2.45, 2.75) is 50.9 Å². The highest BCUT2D eigenvalue weighted by Crippen LogP contribution is 2.27. The van der Waals surface area contributed by atoms with E-state index in [1.807, 2.05) is 42.5 Å². The van der Waals surface area contributed by atoms with Gasteiger partial charge >= 0.3 is 0 Å². The summed E-state index contributed by atoms with van der Waals surface area (Å²) >= 11 is 1.45. The number of hydrogen-bond donors (Lipinski definition) is 1. The average Bonchev–Trinajstić information content (AvgIpc) is 3.13. The maximum absolute atomic E-state index is 12.7. The number of carbonyl (C=O) groups excluding carboxylic acids is 1. The van der Waals surface area contributed by atoms with Crippen molar-refractivity contribution in [2.75, 3.05) is 25.2 Å². The van der Waals surface area contributed by atoms with E-state index in [9.17, 15) is 4.79 Å². The van der Waals surface area contributed by atoms with Gasteiger partial charge in [-0.05, 0) is 38.4 Å². The molecule has 1 atom stereocenters. The number of thioether (sulfide) groups is 1. The van der Waals surface area contributed by atoms with E-state index in [-0.39, 0.29) is 11.9 Å². The second-order valence-electron chi connectivity index (χ2n) is 7.60. The Morgan fingerprint density at radius 2 is 1.90 bits per heavy atom. The average molecular weight is 426 g/mol. The van der Waals surface area contributed by atoms with Gasteiger partial charge in [0.1, 0.15) is 0 Å². The summed E-state index contributed by atoms with van der Waals surface area (Å²) in [5.41, 5.74) is 0.838. The third kappa shape index (κ3) is 5.21. The molecular formula is C23H31N5OS. The number of unbranched alkanes of at least 4 members (excludes halogenated alkanes) is 1. The lowest BCUT2D eigenvalue weighted by atomic mass is 10.1. The number of amides is 1. The van der Waals surface area contributed by atoms with Gasteiger partial charge in [0.2, 0.25) is 5.91 Å². The molecule has 0 radical (unpaired) electrons. The standard InChI is InChI=1S/C23H31N5OS/c1-5-7-15-28-22(20(6-2)27(3)4)25-26-23(28)30-16-21(29)24-19-14-10-12-17-11-8-9-13-18(17)19/h8-14,20H,5-7,15-16H2,1-4H3,(H,24,29)/t20-/m0/s1. The van der Waals surface area contributed by atoms with Crippen molar-refractivity contribution in [3.8, 4) is 0 Å². The van der Waals surface area contributed by atoms with E-state index < -0.39 is 0 Å². The molecule has 0 aliphatic heterocycles. The lowest BCUT2D eigenvalue weighted by Crippen LogP contribution is -2.23. The van der Waals surface area contributed by atoms with Crippen molar-refractivity contribution in [1.29, 1.82) is 0 Å². The molecule has 30 heavy (non-hydrogen) atoms. The predicted octanol–water partition coefficient (Wildman–Crippen LogP) is 4.97. The normalized spacial score (nSPS) is 12.4. The van der Waals surface area contributed by atoms with E-state index in [2.05, 4.69) is 52.9 Å². The molecule has 0 fully saturated rings. The zero-order valence-corrected chi connectivity index (χ0v) is 19.1. The van der Waals surface area contributed by atoms with Crippen LogP contribution in [0.3, 0.4) is 0 Å². The Bertz CT molecular complexity index is 979. The van der Waals surface area contributed by atoms with Gasteiger partial charge in [0.25, 0.3) is 0 Å². The number of nitrogens with zero attached hydrogens (tertiary/aromatic N) is 4. The van der Waals surface area contributed by atoms with Crippen LogP contribution < -0.4 is 5.32 Å². The van der Waals surface area contributed by atoms with Crippen LogP contribution in [0.1, 0.15) is 45.0 Å². The molecule has 160 valence electrons. The fourth-order valence-corrected chi connectivity index (χ4v) is 4.38. The fourth-order valence-electron chi connectivity index (χ4n) is 3.61. The lowest BCUT2D eigenvalue weighted by Gasteiger charge is -2.23. The maximum atomic E-state index is 12.7. The minimum absolute atomic E-state index is 0.0393. The first-order chi connectivity index (χ1) is 14.5. The van der Waals surface area contributed by atoms with Crippen molar-refractivity contribution in [1.82, 2.24) is 19.7 Å². The highest BCUT2D eigenvalue weighted by atomic mass is 32.2. The maximum Gasteiger partial charge on any atom is 0.234 e. The van der Waals surface area contributed by atoms with E-state index in [1.54, 1.807) is 0 Å². The van der Waals surface area contributed by atoms with Gasteiger partial charge in [0.15, 0.2) is 11.0 Å². The number of nitrogens with one attached hydrogen (secondary N) is 1. The molecule has 0 unspecified atom stereocenters. The van der Waals surface area contributed by atoms with Gasteiger partial charge in [-0.2, -0.15) is 0 Å². The molecule has 1 amide bonds. The first-order valence-electron chi connectivity index (χ1n) is 10.5. The first kappa shape index (κ1) is 22.3. The number of rotatable bonds is 10. The Kier molecular flexibility index (Phi) is 7.87. The number of benzene rings is 2. The largest absolute Gasteiger partial charge is 0.325 e. The summed E-state index contributed by atoms with van der Waals surface area (Å²) in [4.78, 5) is 14.8. The Hall–Kier alpha value is -2.38.